The summed E-state index contributed by atoms with van der Waals surface area (Å²) < 4.78 is 4.71. The third-order valence-electron chi connectivity index (χ3n) is 2.31. The quantitative estimate of drug-likeness (QED) is 0.376. The maximum absolute atomic E-state index is 10.8. The van der Waals surface area contributed by atoms with Gasteiger partial charge in [-0.3, -0.25) is 9.59 Å². The molecule has 0 saturated carbocycles. The molecule has 4 nitrogen and oxygen atoms in total. The highest BCUT2D eigenvalue weighted by atomic mass is 35.5. The molecular weight excluding hydrogens is 268 g/mol. The first kappa shape index (κ1) is 20.5. The molecule has 0 unspecified atom stereocenters. The summed E-state index contributed by atoms with van der Waals surface area (Å²) in [5.41, 5.74) is 0. The summed E-state index contributed by atoms with van der Waals surface area (Å²) in [6.07, 6.45) is 6.43. The summed E-state index contributed by atoms with van der Waals surface area (Å²) in [6, 6.07) is 0. The summed E-state index contributed by atoms with van der Waals surface area (Å²) in [5.74, 6) is -0.151. The van der Waals surface area contributed by atoms with E-state index in [4.69, 9.17) is 21.4 Å². The zero-order chi connectivity index (χ0) is 14.9. The lowest BCUT2D eigenvalue weighted by Crippen LogP contribution is -2.03. The summed E-state index contributed by atoms with van der Waals surface area (Å²) >= 11 is 5.38. The van der Waals surface area contributed by atoms with Crippen molar-refractivity contribution in [3.63, 3.8) is 0 Å². The van der Waals surface area contributed by atoms with Crippen molar-refractivity contribution in [2.24, 2.45) is 0 Å². The van der Waals surface area contributed by atoms with Crippen LogP contribution in [0.3, 0.4) is 0 Å². The van der Waals surface area contributed by atoms with E-state index >= 15 is 0 Å². The Morgan fingerprint density at radius 2 is 1.63 bits per heavy atom. The van der Waals surface area contributed by atoms with Crippen LogP contribution in [0.15, 0.2) is 0 Å². The van der Waals surface area contributed by atoms with Gasteiger partial charge in [-0.1, -0.05) is 26.2 Å². The Morgan fingerprint density at radius 1 is 1.00 bits per heavy atom. The van der Waals surface area contributed by atoms with Crippen LogP contribution in [0.5, 0.6) is 0 Å². The molecule has 0 aliphatic carbocycles. The van der Waals surface area contributed by atoms with Gasteiger partial charge in [0, 0.05) is 18.7 Å². The molecule has 0 aliphatic heterocycles. The highest BCUT2D eigenvalue weighted by molar-refractivity contribution is 6.17. The predicted molar refractivity (Wildman–Crippen MR) is 77.6 cm³/mol. The zero-order valence-electron chi connectivity index (χ0n) is 12.1. The molecule has 0 aromatic carbocycles. The number of carbonyl (C=O) groups excluding carboxylic acids is 1. The standard InChI is InChI=1S/C9H16O4.C5H11Cl/c1-2-13-9(12)7-5-3-4-6-8(10)11;1-2-3-4-5-6/h2-7H2,1H3,(H,10,11);2-5H2,1H3. The summed E-state index contributed by atoms with van der Waals surface area (Å²) in [5, 5.41) is 8.31. The normalized spacial score (nSPS) is 9.42. The van der Waals surface area contributed by atoms with Crippen molar-refractivity contribution in [1.82, 2.24) is 0 Å². The zero-order valence-corrected chi connectivity index (χ0v) is 12.9. The third kappa shape index (κ3) is 22.8. The van der Waals surface area contributed by atoms with Crippen LogP contribution in [0.1, 0.15) is 65.2 Å². The minimum atomic E-state index is -0.781. The van der Waals surface area contributed by atoms with E-state index < -0.39 is 5.97 Å². The number of esters is 1. The first-order valence-corrected chi connectivity index (χ1v) is 7.55. The van der Waals surface area contributed by atoms with Crippen LogP contribution in [-0.2, 0) is 14.3 Å². The fourth-order valence-corrected chi connectivity index (χ4v) is 1.49. The fourth-order valence-electron chi connectivity index (χ4n) is 1.30. The highest BCUT2D eigenvalue weighted by Crippen LogP contribution is 2.03. The first-order chi connectivity index (χ1) is 9.08. The second kappa shape index (κ2) is 17.2. The Kier molecular flexibility index (Phi) is 18.6. The molecule has 0 spiro atoms. The summed E-state index contributed by atoms with van der Waals surface area (Å²) in [4.78, 5) is 20.9. The van der Waals surface area contributed by atoms with Crippen molar-refractivity contribution in [1.29, 1.82) is 0 Å². The van der Waals surface area contributed by atoms with Gasteiger partial charge in [0.2, 0.25) is 0 Å². The number of ether oxygens (including phenoxy) is 1. The lowest BCUT2D eigenvalue weighted by molar-refractivity contribution is -0.143. The monoisotopic (exact) mass is 294 g/mol. The van der Waals surface area contributed by atoms with E-state index in [9.17, 15) is 9.59 Å². The van der Waals surface area contributed by atoms with Crippen molar-refractivity contribution in [2.75, 3.05) is 12.5 Å². The minimum absolute atomic E-state index is 0.183. The SMILES string of the molecule is CCCCCCl.CCOC(=O)CCCCCC(=O)O. The predicted octanol–water partition coefficient (Wildman–Crippen LogP) is 4.00. The van der Waals surface area contributed by atoms with E-state index in [1.54, 1.807) is 6.92 Å². The van der Waals surface area contributed by atoms with Gasteiger partial charge in [0.05, 0.1) is 6.61 Å². The lowest BCUT2D eigenvalue weighted by Gasteiger charge is -2.00. The van der Waals surface area contributed by atoms with Gasteiger partial charge in [0.1, 0.15) is 0 Å². The van der Waals surface area contributed by atoms with Crippen LogP contribution in [0.25, 0.3) is 0 Å². The number of rotatable bonds is 10. The topological polar surface area (TPSA) is 63.6 Å². The molecule has 0 bridgehead atoms. The molecule has 1 N–H and O–H groups in total. The van der Waals surface area contributed by atoms with Crippen LogP contribution < -0.4 is 0 Å². The fraction of sp³-hybridized carbons (Fsp3) is 0.857. The van der Waals surface area contributed by atoms with E-state index in [0.29, 0.717) is 25.9 Å². The van der Waals surface area contributed by atoms with Crippen molar-refractivity contribution in [3.8, 4) is 0 Å². The number of hydrogen-bond donors (Lipinski definition) is 1. The maximum Gasteiger partial charge on any atom is 0.305 e. The second-order valence-electron chi connectivity index (χ2n) is 4.16. The molecule has 0 aromatic heterocycles. The number of carboxylic acids is 1. The smallest absolute Gasteiger partial charge is 0.305 e. The number of carbonyl (C=O) groups is 2. The van der Waals surface area contributed by atoms with Crippen molar-refractivity contribution in [2.45, 2.75) is 65.2 Å². The number of carboxylic acid groups (broad SMARTS) is 1. The molecule has 19 heavy (non-hydrogen) atoms. The molecule has 5 heteroatoms. The van der Waals surface area contributed by atoms with E-state index in [-0.39, 0.29) is 12.4 Å². The third-order valence-corrected chi connectivity index (χ3v) is 2.58. The number of aliphatic carboxylic acids is 1. The molecule has 0 heterocycles. The molecule has 0 atom stereocenters. The van der Waals surface area contributed by atoms with Gasteiger partial charge in [-0.05, 0) is 26.2 Å². The van der Waals surface area contributed by atoms with Gasteiger partial charge in [0.25, 0.3) is 0 Å². The molecule has 0 saturated heterocycles. The number of halogens is 1. The number of hydrogen-bond acceptors (Lipinski definition) is 3. The van der Waals surface area contributed by atoms with Gasteiger partial charge < -0.3 is 9.84 Å². The molecule has 114 valence electrons. The average molecular weight is 295 g/mol. The van der Waals surface area contributed by atoms with Crippen LogP contribution in [0.2, 0.25) is 0 Å². The van der Waals surface area contributed by atoms with E-state index in [0.717, 1.165) is 12.3 Å². The van der Waals surface area contributed by atoms with Crippen molar-refractivity contribution in [3.05, 3.63) is 0 Å². The minimum Gasteiger partial charge on any atom is -0.481 e. The van der Waals surface area contributed by atoms with E-state index in [2.05, 4.69) is 6.92 Å². The number of unbranched alkanes of at least 4 members (excludes halogenated alkanes) is 4. The molecule has 0 aliphatic rings. The first-order valence-electron chi connectivity index (χ1n) is 7.01. The molecular formula is C14H27ClO4. The summed E-state index contributed by atoms with van der Waals surface area (Å²) in [7, 11) is 0. The van der Waals surface area contributed by atoms with Crippen molar-refractivity contribution >= 4 is 23.5 Å². The van der Waals surface area contributed by atoms with Crippen LogP contribution in [0.4, 0.5) is 0 Å². The van der Waals surface area contributed by atoms with Gasteiger partial charge >= 0.3 is 11.9 Å². The molecule has 0 aromatic rings. The molecule has 0 rings (SSSR count). The molecule has 0 radical (unpaired) electrons. The van der Waals surface area contributed by atoms with Crippen LogP contribution >= 0.6 is 11.6 Å². The Bertz CT molecular complexity index is 215. The Labute approximate surface area is 121 Å². The molecule has 0 fully saturated rings. The Hall–Kier alpha value is -0.770. The average Bonchev–Trinajstić information content (AvgIpc) is 2.36. The molecule has 0 amide bonds. The Balaban J connectivity index is 0. The second-order valence-corrected chi connectivity index (χ2v) is 4.53. The Morgan fingerprint density at radius 3 is 2.05 bits per heavy atom. The highest BCUT2D eigenvalue weighted by Gasteiger charge is 2.01. The van der Waals surface area contributed by atoms with Crippen molar-refractivity contribution < 1.29 is 19.4 Å². The summed E-state index contributed by atoms with van der Waals surface area (Å²) in [6.45, 7) is 4.35. The maximum atomic E-state index is 10.8. The van der Waals surface area contributed by atoms with Crippen LogP contribution in [0, 0.1) is 0 Å². The van der Waals surface area contributed by atoms with Gasteiger partial charge in [-0.15, -0.1) is 11.6 Å². The number of alkyl halides is 1. The van der Waals surface area contributed by atoms with Gasteiger partial charge in [-0.25, -0.2) is 0 Å². The van der Waals surface area contributed by atoms with E-state index in [1.807, 2.05) is 0 Å². The van der Waals surface area contributed by atoms with Gasteiger partial charge in [0.15, 0.2) is 0 Å². The van der Waals surface area contributed by atoms with E-state index in [1.165, 1.54) is 19.3 Å². The van der Waals surface area contributed by atoms with Crippen LogP contribution in [-0.4, -0.2) is 29.5 Å². The lowest BCUT2D eigenvalue weighted by atomic mass is 10.1. The largest absolute Gasteiger partial charge is 0.481 e. The van der Waals surface area contributed by atoms with Gasteiger partial charge in [-0.2, -0.15) is 0 Å².